The lowest BCUT2D eigenvalue weighted by atomic mass is 10.1. The second-order valence-corrected chi connectivity index (χ2v) is 4.95. The molecule has 6 heteroatoms. The third-order valence-corrected chi connectivity index (χ3v) is 3.55. The molecule has 108 valence electrons. The van der Waals surface area contributed by atoms with Crippen molar-refractivity contribution in [3.63, 3.8) is 0 Å². The summed E-state index contributed by atoms with van der Waals surface area (Å²) in [7, 11) is 0. The van der Waals surface area contributed by atoms with Crippen LogP contribution in [0.2, 0.25) is 0 Å². The van der Waals surface area contributed by atoms with Gasteiger partial charge >= 0.3 is 0 Å². The van der Waals surface area contributed by atoms with E-state index in [1.807, 2.05) is 18.3 Å². The number of aromatic hydroxyl groups is 1. The predicted molar refractivity (Wildman–Crippen MR) is 81.1 cm³/mol. The number of aromatic nitrogens is 4. The van der Waals surface area contributed by atoms with Crippen molar-refractivity contribution in [1.82, 2.24) is 19.5 Å². The van der Waals surface area contributed by atoms with E-state index in [1.54, 1.807) is 47.5 Å². The normalized spacial score (nSPS) is 11.1. The van der Waals surface area contributed by atoms with Gasteiger partial charge in [-0.1, -0.05) is 12.1 Å². The minimum Gasteiger partial charge on any atom is -0.508 e. The first-order chi connectivity index (χ1) is 10.7. The largest absolute Gasteiger partial charge is 0.508 e. The molecule has 0 saturated heterocycles. The van der Waals surface area contributed by atoms with Crippen molar-refractivity contribution in [2.24, 2.45) is 0 Å². The second kappa shape index (κ2) is 4.63. The Balaban J connectivity index is 1.84. The van der Waals surface area contributed by atoms with Gasteiger partial charge in [-0.25, -0.2) is 9.67 Å². The van der Waals surface area contributed by atoms with Gasteiger partial charge in [-0.15, -0.1) is 0 Å². The summed E-state index contributed by atoms with van der Waals surface area (Å²) in [6.45, 7) is 0. The van der Waals surface area contributed by atoms with Gasteiger partial charge in [-0.3, -0.25) is 0 Å². The molecule has 0 saturated carbocycles. The number of pyridine rings is 1. The van der Waals surface area contributed by atoms with Crippen LogP contribution in [-0.4, -0.2) is 29.8 Å². The maximum atomic E-state index is 9.69. The van der Waals surface area contributed by atoms with Crippen LogP contribution in [0.15, 0.2) is 61.2 Å². The smallest absolute Gasteiger partial charge is 0.177 e. The zero-order valence-corrected chi connectivity index (χ0v) is 11.5. The van der Waals surface area contributed by atoms with Crippen LogP contribution in [-0.2, 0) is 0 Å². The Morgan fingerprint density at radius 2 is 1.95 bits per heavy atom. The predicted octanol–water partition coefficient (Wildman–Crippen LogP) is 2.83. The molecule has 1 aromatic carbocycles. The van der Waals surface area contributed by atoms with Gasteiger partial charge in [-0.05, 0) is 29.8 Å². The Morgan fingerprint density at radius 3 is 2.82 bits per heavy atom. The van der Waals surface area contributed by atoms with Crippen LogP contribution in [0.3, 0.4) is 0 Å². The number of fused-ring (bicyclic) bond motifs is 1. The Morgan fingerprint density at radius 1 is 1.05 bits per heavy atom. The molecule has 0 atom stereocenters. The lowest BCUT2D eigenvalue weighted by molar-refractivity contribution is 0.198. The summed E-state index contributed by atoms with van der Waals surface area (Å²) in [6.07, 6.45) is 6.77. The topological polar surface area (TPSA) is 76.1 Å². The summed E-state index contributed by atoms with van der Waals surface area (Å²) < 4.78 is 2.71. The average molecular weight is 292 g/mol. The van der Waals surface area contributed by atoms with Crippen LogP contribution in [0, 0.1) is 0 Å². The average Bonchev–Trinajstić information content (AvgIpc) is 3.15. The zero-order chi connectivity index (χ0) is 15.1. The Bertz CT molecular complexity index is 971. The molecule has 0 aliphatic carbocycles. The van der Waals surface area contributed by atoms with Crippen molar-refractivity contribution in [2.45, 2.75) is 0 Å². The van der Waals surface area contributed by atoms with Crippen LogP contribution in [0.4, 0.5) is 0 Å². The number of nitrogens with zero attached hydrogens (tertiary/aromatic N) is 4. The van der Waals surface area contributed by atoms with E-state index >= 15 is 0 Å². The summed E-state index contributed by atoms with van der Waals surface area (Å²) in [5, 5.41) is 24.4. The van der Waals surface area contributed by atoms with Crippen molar-refractivity contribution < 1.29 is 10.3 Å². The van der Waals surface area contributed by atoms with Crippen LogP contribution >= 0.6 is 0 Å². The van der Waals surface area contributed by atoms with Gasteiger partial charge < -0.3 is 10.3 Å². The van der Waals surface area contributed by atoms with E-state index in [9.17, 15) is 10.3 Å². The lowest BCUT2D eigenvalue weighted by Gasteiger charge is -2.03. The molecule has 0 fully saturated rings. The molecule has 0 bridgehead atoms. The van der Waals surface area contributed by atoms with Crippen LogP contribution < -0.4 is 0 Å². The van der Waals surface area contributed by atoms with Gasteiger partial charge in [-0.2, -0.15) is 9.83 Å². The molecular weight excluding hydrogens is 280 g/mol. The van der Waals surface area contributed by atoms with E-state index in [2.05, 4.69) is 10.1 Å². The van der Waals surface area contributed by atoms with Crippen molar-refractivity contribution in [2.75, 3.05) is 0 Å². The first kappa shape index (κ1) is 12.5. The first-order valence-electron chi connectivity index (χ1n) is 6.72. The van der Waals surface area contributed by atoms with Crippen LogP contribution in [0.1, 0.15) is 0 Å². The third kappa shape index (κ3) is 1.89. The molecule has 3 heterocycles. The highest BCUT2D eigenvalue weighted by Gasteiger charge is 2.10. The summed E-state index contributed by atoms with van der Waals surface area (Å²) in [4.78, 5) is 4.14. The summed E-state index contributed by atoms with van der Waals surface area (Å²) in [6, 6.07) is 10.6. The summed E-state index contributed by atoms with van der Waals surface area (Å²) >= 11 is 0. The lowest BCUT2D eigenvalue weighted by Crippen LogP contribution is -1.97. The third-order valence-electron chi connectivity index (χ3n) is 3.55. The van der Waals surface area contributed by atoms with Crippen LogP contribution in [0.5, 0.6) is 5.75 Å². The molecule has 0 spiro atoms. The van der Waals surface area contributed by atoms with E-state index in [4.69, 9.17) is 0 Å². The monoisotopic (exact) mass is 292 g/mol. The van der Waals surface area contributed by atoms with Gasteiger partial charge in [0.1, 0.15) is 5.75 Å². The van der Waals surface area contributed by atoms with Crippen LogP contribution in [0.25, 0.3) is 27.8 Å². The Hall–Kier alpha value is -3.28. The fraction of sp³-hybridized carbons (Fsp3) is 0. The van der Waals surface area contributed by atoms with Gasteiger partial charge in [0.15, 0.2) is 5.65 Å². The fourth-order valence-electron chi connectivity index (χ4n) is 2.50. The number of phenolic OH excluding ortho intramolecular Hbond substituents is 1. The molecule has 0 amide bonds. The Kier molecular flexibility index (Phi) is 2.62. The number of rotatable bonds is 2. The molecule has 0 aliphatic heterocycles. The standard InChI is InChI=1S/C16H12N4O2/c21-13-3-1-2-11(8-13)12-9-18-19(10-12)15-4-6-17-16-14(15)5-7-20(16)22/h1-10,21-22H. The quantitative estimate of drug-likeness (QED) is 0.557. The molecule has 4 aromatic rings. The van der Waals surface area contributed by atoms with E-state index in [0.717, 1.165) is 26.9 Å². The number of benzene rings is 1. The second-order valence-electron chi connectivity index (χ2n) is 4.95. The van der Waals surface area contributed by atoms with Gasteiger partial charge in [0, 0.05) is 29.5 Å². The van der Waals surface area contributed by atoms with E-state index in [1.165, 1.54) is 0 Å². The highest BCUT2D eigenvalue weighted by atomic mass is 16.5. The fourth-order valence-corrected chi connectivity index (χ4v) is 2.50. The molecule has 0 radical (unpaired) electrons. The van der Waals surface area contributed by atoms with Gasteiger partial charge in [0.05, 0.1) is 11.9 Å². The van der Waals surface area contributed by atoms with E-state index < -0.39 is 0 Å². The van der Waals surface area contributed by atoms with E-state index in [0.29, 0.717) is 5.65 Å². The molecule has 2 N–H and O–H groups in total. The van der Waals surface area contributed by atoms with Gasteiger partial charge in [0.2, 0.25) is 0 Å². The molecule has 4 rings (SSSR count). The maximum Gasteiger partial charge on any atom is 0.177 e. The molecule has 22 heavy (non-hydrogen) atoms. The number of hydrogen-bond acceptors (Lipinski definition) is 4. The minimum absolute atomic E-state index is 0.217. The summed E-state index contributed by atoms with van der Waals surface area (Å²) in [5.41, 5.74) is 3.08. The minimum atomic E-state index is 0.217. The summed E-state index contributed by atoms with van der Waals surface area (Å²) in [5.74, 6) is 0.217. The van der Waals surface area contributed by atoms with Crippen molar-refractivity contribution in [3.8, 4) is 22.6 Å². The highest BCUT2D eigenvalue weighted by molar-refractivity contribution is 5.85. The highest BCUT2D eigenvalue weighted by Crippen LogP contribution is 2.25. The van der Waals surface area contributed by atoms with Crippen molar-refractivity contribution in [1.29, 1.82) is 0 Å². The molecule has 0 unspecified atom stereocenters. The number of hydrogen-bond donors (Lipinski definition) is 2. The molecule has 3 aromatic heterocycles. The maximum absolute atomic E-state index is 9.69. The van der Waals surface area contributed by atoms with Gasteiger partial charge in [0.25, 0.3) is 0 Å². The molecular formula is C16H12N4O2. The first-order valence-corrected chi connectivity index (χ1v) is 6.72. The van der Waals surface area contributed by atoms with Crippen molar-refractivity contribution in [3.05, 3.63) is 61.2 Å². The number of phenols is 1. The Labute approximate surface area is 125 Å². The zero-order valence-electron chi connectivity index (χ0n) is 11.5. The van der Waals surface area contributed by atoms with E-state index in [-0.39, 0.29) is 5.75 Å². The van der Waals surface area contributed by atoms with Crippen molar-refractivity contribution >= 4 is 11.0 Å². The SMILES string of the molecule is Oc1cccc(-c2cnn(-c3ccnc4c3ccn4O)c2)c1. The molecule has 0 aliphatic rings. The molecule has 6 nitrogen and oxygen atoms in total.